The standard InChI is InChI=1S/C10H13NO5S/c12-9(7-17(14,15)16)6-11-10(13)8-4-2-1-3-5-8/h1-5,9,12H,6-7H2,(H,11,13)(H,14,15,16). The second-order valence-corrected chi connectivity index (χ2v) is 4.98. The Morgan fingerprint density at radius 3 is 2.41 bits per heavy atom. The van der Waals surface area contributed by atoms with Gasteiger partial charge >= 0.3 is 0 Å². The number of carbonyl (C=O) groups excluding carboxylic acids is 1. The van der Waals surface area contributed by atoms with Crippen LogP contribution in [0.25, 0.3) is 0 Å². The van der Waals surface area contributed by atoms with Gasteiger partial charge in [0.25, 0.3) is 16.0 Å². The van der Waals surface area contributed by atoms with Gasteiger partial charge in [0, 0.05) is 12.1 Å². The first-order valence-corrected chi connectivity index (χ1v) is 6.46. The third-order valence-corrected chi connectivity index (χ3v) is 2.74. The molecule has 0 saturated heterocycles. The first-order valence-electron chi connectivity index (χ1n) is 4.85. The lowest BCUT2D eigenvalue weighted by Gasteiger charge is -2.10. The van der Waals surface area contributed by atoms with Crippen molar-refractivity contribution in [1.29, 1.82) is 0 Å². The molecule has 6 nitrogen and oxygen atoms in total. The number of benzene rings is 1. The summed E-state index contributed by atoms with van der Waals surface area (Å²) < 4.78 is 29.3. The van der Waals surface area contributed by atoms with Gasteiger partial charge in [0.1, 0.15) is 5.75 Å². The summed E-state index contributed by atoms with van der Waals surface area (Å²) >= 11 is 0. The summed E-state index contributed by atoms with van der Waals surface area (Å²) in [5, 5.41) is 11.6. The van der Waals surface area contributed by atoms with Crippen molar-refractivity contribution in [2.75, 3.05) is 12.3 Å². The van der Waals surface area contributed by atoms with Crippen LogP contribution in [0.3, 0.4) is 0 Å². The molecular weight excluding hydrogens is 246 g/mol. The fourth-order valence-electron chi connectivity index (χ4n) is 1.20. The maximum absolute atomic E-state index is 11.5. The van der Waals surface area contributed by atoms with Crippen molar-refractivity contribution in [3.63, 3.8) is 0 Å². The van der Waals surface area contributed by atoms with Crippen LogP contribution in [0.1, 0.15) is 10.4 Å². The smallest absolute Gasteiger partial charge is 0.267 e. The Morgan fingerprint density at radius 2 is 1.88 bits per heavy atom. The van der Waals surface area contributed by atoms with E-state index >= 15 is 0 Å². The quantitative estimate of drug-likeness (QED) is 0.628. The fourth-order valence-corrected chi connectivity index (χ4v) is 1.81. The number of hydrogen-bond acceptors (Lipinski definition) is 4. The third-order valence-electron chi connectivity index (χ3n) is 1.94. The summed E-state index contributed by atoms with van der Waals surface area (Å²) in [5.41, 5.74) is 0.409. The van der Waals surface area contributed by atoms with Gasteiger partial charge in [-0.2, -0.15) is 8.42 Å². The monoisotopic (exact) mass is 259 g/mol. The first-order chi connectivity index (χ1) is 7.88. The molecule has 0 aliphatic carbocycles. The summed E-state index contributed by atoms with van der Waals surface area (Å²) in [6.45, 7) is -0.243. The van der Waals surface area contributed by atoms with Crippen molar-refractivity contribution in [2.45, 2.75) is 6.10 Å². The van der Waals surface area contributed by atoms with Crippen LogP contribution in [0.15, 0.2) is 30.3 Å². The van der Waals surface area contributed by atoms with Gasteiger partial charge in [0.05, 0.1) is 6.10 Å². The number of aliphatic hydroxyl groups excluding tert-OH is 1. The summed E-state index contributed by atoms with van der Waals surface area (Å²) in [6.07, 6.45) is -1.34. The highest BCUT2D eigenvalue weighted by molar-refractivity contribution is 7.85. The molecule has 1 atom stereocenters. The Balaban J connectivity index is 2.44. The van der Waals surface area contributed by atoms with Crippen LogP contribution in [0.4, 0.5) is 0 Å². The van der Waals surface area contributed by atoms with Crippen molar-refractivity contribution >= 4 is 16.0 Å². The van der Waals surface area contributed by atoms with E-state index in [2.05, 4.69) is 5.32 Å². The van der Waals surface area contributed by atoms with E-state index < -0.39 is 27.9 Å². The van der Waals surface area contributed by atoms with E-state index in [-0.39, 0.29) is 6.54 Å². The first kappa shape index (κ1) is 13.6. The van der Waals surface area contributed by atoms with E-state index in [1.54, 1.807) is 30.3 Å². The number of hydrogen-bond donors (Lipinski definition) is 3. The molecule has 0 heterocycles. The molecule has 0 saturated carbocycles. The molecule has 0 aromatic heterocycles. The Labute approximate surface area is 99.0 Å². The topological polar surface area (TPSA) is 104 Å². The van der Waals surface area contributed by atoms with Crippen molar-refractivity contribution in [3.05, 3.63) is 35.9 Å². The highest BCUT2D eigenvalue weighted by Crippen LogP contribution is 1.98. The number of carbonyl (C=O) groups is 1. The third kappa shape index (κ3) is 5.43. The molecule has 1 rings (SSSR count). The van der Waals surface area contributed by atoms with Gasteiger partial charge in [0.2, 0.25) is 0 Å². The molecule has 94 valence electrons. The fraction of sp³-hybridized carbons (Fsp3) is 0.300. The molecule has 3 N–H and O–H groups in total. The largest absolute Gasteiger partial charge is 0.390 e. The zero-order valence-corrected chi connectivity index (χ0v) is 9.72. The van der Waals surface area contributed by atoms with E-state index in [0.717, 1.165) is 0 Å². The molecule has 0 aliphatic heterocycles. The number of nitrogens with one attached hydrogen (secondary N) is 1. The molecule has 0 radical (unpaired) electrons. The van der Waals surface area contributed by atoms with E-state index in [1.165, 1.54) is 0 Å². The van der Waals surface area contributed by atoms with E-state index in [4.69, 9.17) is 4.55 Å². The van der Waals surface area contributed by atoms with Crippen LogP contribution in [0, 0.1) is 0 Å². The van der Waals surface area contributed by atoms with Gasteiger partial charge in [-0.25, -0.2) is 0 Å². The number of rotatable bonds is 5. The van der Waals surface area contributed by atoms with E-state index in [9.17, 15) is 18.3 Å². The van der Waals surface area contributed by atoms with Gasteiger partial charge in [-0.15, -0.1) is 0 Å². The molecule has 1 unspecified atom stereocenters. The lowest BCUT2D eigenvalue weighted by Crippen LogP contribution is -2.35. The summed E-state index contributed by atoms with van der Waals surface area (Å²) in [5.74, 6) is -1.22. The summed E-state index contributed by atoms with van der Waals surface area (Å²) in [4.78, 5) is 11.5. The van der Waals surface area contributed by atoms with Gasteiger partial charge in [-0.1, -0.05) is 18.2 Å². The Kier molecular flexibility index (Phi) is 4.62. The van der Waals surface area contributed by atoms with Crippen LogP contribution in [-0.4, -0.2) is 42.4 Å². The summed E-state index contributed by atoms with van der Waals surface area (Å²) in [7, 11) is -4.24. The summed E-state index contributed by atoms with van der Waals surface area (Å²) in [6, 6.07) is 8.30. The van der Waals surface area contributed by atoms with Crippen LogP contribution in [0.2, 0.25) is 0 Å². The minimum absolute atomic E-state index is 0.243. The van der Waals surface area contributed by atoms with Gasteiger partial charge < -0.3 is 10.4 Å². The second kappa shape index (κ2) is 5.76. The predicted molar refractivity (Wildman–Crippen MR) is 61.2 cm³/mol. The maximum Gasteiger partial charge on any atom is 0.267 e. The Hall–Kier alpha value is -1.44. The highest BCUT2D eigenvalue weighted by atomic mass is 32.2. The highest BCUT2D eigenvalue weighted by Gasteiger charge is 2.15. The molecular formula is C10H13NO5S. The molecule has 1 amide bonds. The molecule has 0 fully saturated rings. The Morgan fingerprint density at radius 1 is 1.29 bits per heavy atom. The molecule has 7 heteroatoms. The molecule has 0 spiro atoms. The Bertz CT molecular complexity index is 471. The van der Waals surface area contributed by atoms with Gasteiger partial charge in [-0.3, -0.25) is 9.35 Å². The predicted octanol–water partition coefficient (Wildman–Crippen LogP) is -0.335. The lowest BCUT2D eigenvalue weighted by molar-refractivity contribution is 0.0924. The molecule has 1 aromatic rings. The van der Waals surface area contributed by atoms with Crippen LogP contribution in [-0.2, 0) is 10.1 Å². The van der Waals surface area contributed by atoms with Crippen LogP contribution in [0.5, 0.6) is 0 Å². The number of aliphatic hydroxyl groups is 1. The van der Waals surface area contributed by atoms with Crippen molar-refractivity contribution in [2.24, 2.45) is 0 Å². The average Bonchev–Trinajstić information content (AvgIpc) is 2.25. The molecule has 0 bridgehead atoms. The normalized spacial score (nSPS) is 13.1. The maximum atomic E-state index is 11.5. The molecule has 0 aliphatic rings. The zero-order chi connectivity index (χ0) is 12.9. The van der Waals surface area contributed by atoms with Crippen molar-refractivity contribution < 1.29 is 22.9 Å². The minimum atomic E-state index is -4.24. The van der Waals surface area contributed by atoms with Crippen LogP contribution < -0.4 is 5.32 Å². The van der Waals surface area contributed by atoms with Crippen molar-refractivity contribution in [3.8, 4) is 0 Å². The second-order valence-electron chi connectivity index (χ2n) is 3.48. The lowest BCUT2D eigenvalue weighted by atomic mass is 10.2. The minimum Gasteiger partial charge on any atom is -0.390 e. The molecule has 1 aromatic carbocycles. The average molecular weight is 259 g/mol. The molecule has 17 heavy (non-hydrogen) atoms. The van der Waals surface area contributed by atoms with Gasteiger partial charge in [0.15, 0.2) is 0 Å². The van der Waals surface area contributed by atoms with Gasteiger partial charge in [-0.05, 0) is 12.1 Å². The zero-order valence-electron chi connectivity index (χ0n) is 8.91. The van der Waals surface area contributed by atoms with E-state index in [0.29, 0.717) is 5.56 Å². The number of amides is 1. The van der Waals surface area contributed by atoms with Crippen LogP contribution >= 0.6 is 0 Å². The van der Waals surface area contributed by atoms with E-state index in [1.807, 2.05) is 0 Å². The van der Waals surface area contributed by atoms with Crippen molar-refractivity contribution in [1.82, 2.24) is 5.32 Å². The SMILES string of the molecule is O=C(NCC(O)CS(=O)(=O)O)c1ccccc1.